The highest BCUT2D eigenvalue weighted by Gasteiger charge is 2.16. The van der Waals surface area contributed by atoms with Crippen molar-refractivity contribution < 1.29 is 0 Å². The van der Waals surface area contributed by atoms with Crippen molar-refractivity contribution in [2.24, 2.45) is 0 Å². The van der Waals surface area contributed by atoms with E-state index in [4.69, 9.17) is 5.73 Å². The minimum atomic E-state index is 0.607. The Bertz CT molecular complexity index is 298. The molecule has 1 heterocycles. The fourth-order valence-electron chi connectivity index (χ4n) is 1.43. The highest BCUT2D eigenvalue weighted by atomic mass is 79.9. The molecule has 0 saturated heterocycles. The Morgan fingerprint density at radius 1 is 1.27 bits per heavy atom. The average Bonchev–Trinajstić information content (AvgIpc) is 2.34. The molecule has 11 heavy (non-hydrogen) atoms. The largest absolute Gasteiger partial charge is 0.383 e. The second kappa shape index (κ2) is 2.44. The minimum Gasteiger partial charge on any atom is -0.383 e. The topological polar surface area (TPSA) is 51.8 Å². The zero-order valence-electron chi connectivity index (χ0n) is 5.97. The Morgan fingerprint density at radius 3 is 2.91 bits per heavy atom. The van der Waals surface area contributed by atoms with Crippen molar-refractivity contribution in [1.82, 2.24) is 9.97 Å². The van der Waals surface area contributed by atoms with Gasteiger partial charge in [0.1, 0.15) is 5.82 Å². The second-order valence-electron chi connectivity index (χ2n) is 2.66. The number of hydrogen-bond donors (Lipinski definition) is 1. The molecule has 1 aliphatic rings. The van der Waals surface area contributed by atoms with E-state index in [1.54, 1.807) is 0 Å². The van der Waals surface area contributed by atoms with Crippen LogP contribution in [-0.2, 0) is 12.8 Å². The van der Waals surface area contributed by atoms with Crippen LogP contribution in [0.2, 0.25) is 0 Å². The fraction of sp³-hybridized carbons (Fsp3) is 0.429. The number of hydrogen-bond acceptors (Lipinski definition) is 3. The van der Waals surface area contributed by atoms with Crippen molar-refractivity contribution in [3.05, 3.63) is 16.0 Å². The summed E-state index contributed by atoms with van der Waals surface area (Å²) in [5.74, 6) is 0.638. The molecule has 58 valence electrons. The molecule has 0 amide bonds. The SMILES string of the molecule is Nc1nc(Br)nc2c1CCC2. The van der Waals surface area contributed by atoms with Crippen LogP contribution in [0.4, 0.5) is 5.82 Å². The third-order valence-electron chi connectivity index (χ3n) is 1.94. The van der Waals surface area contributed by atoms with E-state index >= 15 is 0 Å². The fourth-order valence-corrected chi connectivity index (χ4v) is 1.84. The Labute approximate surface area is 73.2 Å². The van der Waals surface area contributed by atoms with Crippen LogP contribution in [0.25, 0.3) is 0 Å². The zero-order chi connectivity index (χ0) is 7.84. The van der Waals surface area contributed by atoms with Gasteiger partial charge in [0, 0.05) is 5.56 Å². The maximum Gasteiger partial charge on any atom is 0.198 e. The molecule has 3 nitrogen and oxygen atoms in total. The normalized spacial score (nSPS) is 15.0. The van der Waals surface area contributed by atoms with E-state index in [-0.39, 0.29) is 0 Å². The molecule has 0 radical (unpaired) electrons. The number of rotatable bonds is 0. The van der Waals surface area contributed by atoms with Gasteiger partial charge in [0.25, 0.3) is 0 Å². The third kappa shape index (κ3) is 1.11. The standard InChI is InChI=1S/C7H8BrN3/c8-7-10-5-3-1-2-4(5)6(9)11-7/h1-3H2,(H2,9,10,11). The summed E-state index contributed by atoms with van der Waals surface area (Å²) >= 11 is 3.21. The molecule has 0 aromatic carbocycles. The first-order valence-corrected chi connectivity index (χ1v) is 4.37. The quantitative estimate of drug-likeness (QED) is 0.662. The van der Waals surface area contributed by atoms with Crippen LogP contribution < -0.4 is 5.73 Å². The summed E-state index contributed by atoms with van der Waals surface area (Å²) in [5, 5.41) is 0. The summed E-state index contributed by atoms with van der Waals surface area (Å²) in [6.07, 6.45) is 3.24. The first-order valence-electron chi connectivity index (χ1n) is 3.58. The molecule has 0 unspecified atom stereocenters. The summed E-state index contributed by atoms with van der Waals surface area (Å²) in [5.41, 5.74) is 7.95. The van der Waals surface area contributed by atoms with Gasteiger partial charge in [-0.3, -0.25) is 0 Å². The molecule has 0 aliphatic heterocycles. The van der Waals surface area contributed by atoms with E-state index in [2.05, 4.69) is 25.9 Å². The molecule has 0 fully saturated rings. The number of nitrogens with zero attached hydrogens (tertiary/aromatic N) is 2. The van der Waals surface area contributed by atoms with Crippen LogP contribution in [0.5, 0.6) is 0 Å². The Hall–Kier alpha value is -0.640. The van der Waals surface area contributed by atoms with E-state index in [0.717, 1.165) is 30.5 Å². The predicted molar refractivity (Wildman–Crippen MR) is 46.2 cm³/mol. The van der Waals surface area contributed by atoms with Crippen molar-refractivity contribution in [2.45, 2.75) is 19.3 Å². The first-order chi connectivity index (χ1) is 5.27. The van der Waals surface area contributed by atoms with Gasteiger partial charge >= 0.3 is 0 Å². The number of anilines is 1. The maximum absolute atomic E-state index is 5.69. The lowest BCUT2D eigenvalue weighted by molar-refractivity contribution is 0.897. The van der Waals surface area contributed by atoms with Gasteiger partial charge in [-0.25, -0.2) is 9.97 Å². The van der Waals surface area contributed by atoms with Crippen molar-refractivity contribution in [2.75, 3.05) is 5.73 Å². The van der Waals surface area contributed by atoms with Gasteiger partial charge in [-0.2, -0.15) is 0 Å². The van der Waals surface area contributed by atoms with E-state index in [0.29, 0.717) is 10.6 Å². The number of aromatic nitrogens is 2. The van der Waals surface area contributed by atoms with E-state index in [1.807, 2.05) is 0 Å². The second-order valence-corrected chi connectivity index (χ2v) is 3.37. The van der Waals surface area contributed by atoms with Crippen LogP contribution in [0.1, 0.15) is 17.7 Å². The van der Waals surface area contributed by atoms with Gasteiger partial charge in [-0.05, 0) is 35.2 Å². The Kier molecular flexibility index (Phi) is 1.56. The number of fused-ring (bicyclic) bond motifs is 1. The first kappa shape index (κ1) is 7.03. The molecule has 1 aromatic rings. The number of halogens is 1. The van der Waals surface area contributed by atoms with Crippen molar-refractivity contribution in [3.63, 3.8) is 0 Å². The van der Waals surface area contributed by atoms with Gasteiger partial charge in [-0.15, -0.1) is 0 Å². The summed E-state index contributed by atoms with van der Waals surface area (Å²) in [6, 6.07) is 0. The molecule has 4 heteroatoms. The molecular weight excluding hydrogens is 206 g/mol. The molecule has 1 aromatic heterocycles. The van der Waals surface area contributed by atoms with Gasteiger partial charge in [0.15, 0.2) is 4.73 Å². The van der Waals surface area contributed by atoms with Gasteiger partial charge in [0.05, 0.1) is 5.69 Å². The Morgan fingerprint density at radius 2 is 2.09 bits per heavy atom. The summed E-state index contributed by atoms with van der Waals surface area (Å²) in [6.45, 7) is 0. The molecule has 2 N–H and O–H groups in total. The minimum absolute atomic E-state index is 0.607. The highest BCUT2D eigenvalue weighted by molar-refractivity contribution is 9.10. The number of nitrogens with two attached hydrogens (primary N) is 1. The molecule has 1 aliphatic carbocycles. The smallest absolute Gasteiger partial charge is 0.198 e. The van der Waals surface area contributed by atoms with Crippen molar-refractivity contribution in [1.29, 1.82) is 0 Å². The summed E-state index contributed by atoms with van der Waals surface area (Å²) in [7, 11) is 0. The Balaban J connectivity index is 2.60. The molecule has 2 rings (SSSR count). The van der Waals surface area contributed by atoms with Crippen LogP contribution in [0.15, 0.2) is 4.73 Å². The van der Waals surface area contributed by atoms with Gasteiger partial charge in [-0.1, -0.05) is 0 Å². The van der Waals surface area contributed by atoms with Gasteiger partial charge < -0.3 is 5.73 Å². The van der Waals surface area contributed by atoms with Crippen LogP contribution >= 0.6 is 15.9 Å². The average molecular weight is 214 g/mol. The molecular formula is C7H8BrN3. The van der Waals surface area contributed by atoms with Crippen molar-refractivity contribution in [3.8, 4) is 0 Å². The lowest BCUT2D eigenvalue weighted by Gasteiger charge is -2.01. The third-order valence-corrected chi connectivity index (χ3v) is 2.29. The van der Waals surface area contributed by atoms with Crippen LogP contribution in [-0.4, -0.2) is 9.97 Å². The van der Waals surface area contributed by atoms with Gasteiger partial charge in [0.2, 0.25) is 0 Å². The van der Waals surface area contributed by atoms with E-state index in [1.165, 1.54) is 0 Å². The van der Waals surface area contributed by atoms with E-state index in [9.17, 15) is 0 Å². The molecule has 0 atom stereocenters. The maximum atomic E-state index is 5.69. The van der Waals surface area contributed by atoms with Crippen LogP contribution in [0, 0.1) is 0 Å². The molecule has 0 saturated carbocycles. The van der Waals surface area contributed by atoms with Crippen molar-refractivity contribution >= 4 is 21.7 Å². The predicted octanol–water partition coefficient (Wildman–Crippen LogP) is 1.31. The monoisotopic (exact) mass is 213 g/mol. The summed E-state index contributed by atoms with van der Waals surface area (Å²) < 4.78 is 0.607. The lowest BCUT2D eigenvalue weighted by Crippen LogP contribution is -2.00. The highest BCUT2D eigenvalue weighted by Crippen LogP contribution is 2.25. The number of nitrogen functional groups attached to an aromatic ring is 1. The lowest BCUT2D eigenvalue weighted by atomic mass is 10.2. The molecule has 0 spiro atoms. The molecule has 0 bridgehead atoms. The number of aryl methyl sites for hydroxylation is 1. The summed E-state index contributed by atoms with van der Waals surface area (Å²) in [4.78, 5) is 8.27. The van der Waals surface area contributed by atoms with Crippen LogP contribution in [0.3, 0.4) is 0 Å². The van der Waals surface area contributed by atoms with E-state index < -0.39 is 0 Å². The zero-order valence-corrected chi connectivity index (χ0v) is 7.56.